The van der Waals surface area contributed by atoms with E-state index in [1.54, 1.807) is 4.68 Å². The van der Waals surface area contributed by atoms with Gasteiger partial charge < -0.3 is 10.6 Å². The molecule has 0 radical (unpaired) electrons. The predicted octanol–water partition coefficient (Wildman–Crippen LogP) is 3.43. The first kappa shape index (κ1) is 22.8. The van der Waals surface area contributed by atoms with E-state index in [4.69, 9.17) is 0 Å². The lowest BCUT2D eigenvalue weighted by Gasteiger charge is -2.06. The molecule has 34 heavy (non-hydrogen) atoms. The average molecular weight is 512 g/mol. The summed E-state index contributed by atoms with van der Waals surface area (Å²) in [5, 5.41) is 18.3. The normalized spacial score (nSPS) is 13.2. The summed E-state index contributed by atoms with van der Waals surface area (Å²) >= 11 is 4.24. The molecule has 1 fully saturated rings. The van der Waals surface area contributed by atoms with Crippen LogP contribution in [-0.4, -0.2) is 54.6 Å². The summed E-state index contributed by atoms with van der Waals surface area (Å²) < 4.78 is 3.48. The third-order valence-electron chi connectivity index (χ3n) is 4.93. The number of anilines is 1. The Morgan fingerprint density at radius 2 is 1.88 bits per heavy atom. The number of tetrazole rings is 1. The van der Waals surface area contributed by atoms with Crippen molar-refractivity contribution in [2.75, 3.05) is 16.8 Å². The molecule has 0 bridgehead atoms. The number of hydrogen-bond donors (Lipinski definition) is 2. The molecule has 0 spiro atoms. The molecule has 1 aliphatic carbocycles. The number of aromatic nitrogens is 5. The third-order valence-corrected chi connectivity index (χ3v) is 8.05. The molecule has 2 aromatic carbocycles. The van der Waals surface area contributed by atoms with Gasteiger partial charge in [0.25, 0.3) is 0 Å². The van der Waals surface area contributed by atoms with E-state index in [2.05, 4.69) is 31.1 Å². The number of thiazole rings is 1. The highest BCUT2D eigenvalue weighted by atomic mass is 32.2. The lowest BCUT2D eigenvalue weighted by molar-refractivity contribution is -0.118. The summed E-state index contributed by atoms with van der Waals surface area (Å²) in [5.41, 5.74) is 2.64. The Kier molecular flexibility index (Phi) is 7.07. The topological polar surface area (TPSA) is 115 Å². The van der Waals surface area contributed by atoms with Crippen molar-refractivity contribution in [3.8, 4) is 0 Å². The molecule has 0 atom stereocenters. The van der Waals surface area contributed by atoms with E-state index < -0.39 is 0 Å². The van der Waals surface area contributed by atoms with E-state index >= 15 is 0 Å². The van der Waals surface area contributed by atoms with Gasteiger partial charge in [-0.05, 0) is 47.0 Å². The van der Waals surface area contributed by atoms with Gasteiger partial charge in [0.1, 0.15) is 0 Å². The summed E-state index contributed by atoms with van der Waals surface area (Å²) in [6.07, 6.45) is 2.16. The molecule has 1 saturated carbocycles. The van der Waals surface area contributed by atoms with E-state index in [0.717, 1.165) is 33.0 Å². The van der Waals surface area contributed by atoms with E-state index in [1.165, 1.54) is 34.9 Å². The molecule has 0 aliphatic heterocycles. The zero-order valence-corrected chi connectivity index (χ0v) is 20.5. The van der Waals surface area contributed by atoms with Gasteiger partial charge in [-0.15, -0.1) is 16.4 Å². The van der Waals surface area contributed by atoms with Gasteiger partial charge in [-0.25, -0.2) is 9.67 Å². The summed E-state index contributed by atoms with van der Waals surface area (Å²) in [5.74, 6) is 0.454. The number of hydrogen-bond acceptors (Lipinski definition) is 9. The number of carbonyl (C=O) groups excluding carboxylic acids is 2. The van der Waals surface area contributed by atoms with Crippen LogP contribution in [0.1, 0.15) is 18.4 Å². The summed E-state index contributed by atoms with van der Waals surface area (Å²) in [4.78, 5) is 29.0. The maximum atomic E-state index is 12.5. The zero-order valence-electron chi connectivity index (χ0n) is 18.0. The highest BCUT2D eigenvalue weighted by Crippen LogP contribution is 2.31. The van der Waals surface area contributed by atoms with Crippen LogP contribution in [0.25, 0.3) is 10.2 Å². The Morgan fingerprint density at radius 1 is 1.06 bits per heavy atom. The van der Waals surface area contributed by atoms with E-state index in [-0.39, 0.29) is 17.6 Å². The smallest absolute Gasteiger partial charge is 0.234 e. The Hall–Kier alpha value is -2.96. The molecule has 2 N–H and O–H groups in total. The van der Waals surface area contributed by atoms with Crippen LogP contribution in [-0.2, 0) is 16.1 Å². The summed E-state index contributed by atoms with van der Waals surface area (Å²) in [7, 11) is 0. The van der Waals surface area contributed by atoms with Crippen molar-refractivity contribution in [1.29, 1.82) is 0 Å². The van der Waals surface area contributed by atoms with Crippen LogP contribution < -0.4 is 10.6 Å². The van der Waals surface area contributed by atoms with Crippen LogP contribution in [0.5, 0.6) is 0 Å². The van der Waals surface area contributed by atoms with Crippen molar-refractivity contribution in [1.82, 2.24) is 30.5 Å². The van der Waals surface area contributed by atoms with Gasteiger partial charge in [-0.3, -0.25) is 9.59 Å². The Balaban J connectivity index is 1.14. The van der Waals surface area contributed by atoms with Crippen molar-refractivity contribution in [3.63, 3.8) is 0 Å². The van der Waals surface area contributed by atoms with Gasteiger partial charge in [0, 0.05) is 11.7 Å². The van der Waals surface area contributed by atoms with Gasteiger partial charge in [-0.2, -0.15) is 0 Å². The molecule has 9 nitrogen and oxygen atoms in total. The highest BCUT2D eigenvalue weighted by Gasteiger charge is 2.23. The summed E-state index contributed by atoms with van der Waals surface area (Å²) in [6, 6.07) is 15.9. The van der Waals surface area contributed by atoms with Gasteiger partial charge in [0.15, 0.2) is 4.34 Å². The van der Waals surface area contributed by atoms with Gasteiger partial charge in [0.05, 0.1) is 28.3 Å². The van der Waals surface area contributed by atoms with Crippen LogP contribution in [0.2, 0.25) is 0 Å². The first-order chi connectivity index (χ1) is 16.6. The Morgan fingerprint density at radius 3 is 2.71 bits per heavy atom. The van der Waals surface area contributed by atoms with Crippen molar-refractivity contribution in [2.45, 2.75) is 34.9 Å². The van der Waals surface area contributed by atoms with Crippen LogP contribution in [0.3, 0.4) is 0 Å². The molecule has 4 aromatic rings. The van der Waals surface area contributed by atoms with Gasteiger partial charge >= 0.3 is 0 Å². The van der Waals surface area contributed by atoms with Gasteiger partial charge in [-0.1, -0.05) is 53.9 Å². The molecule has 1 aliphatic rings. The molecular formula is C22H21N7O2S3. The maximum absolute atomic E-state index is 12.5. The average Bonchev–Trinajstić information content (AvgIpc) is 3.38. The third kappa shape index (κ3) is 6.13. The molecule has 5 rings (SSSR count). The first-order valence-electron chi connectivity index (χ1n) is 10.7. The molecular weight excluding hydrogens is 490 g/mol. The van der Waals surface area contributed by atoms with Crippen molar-refractivity contribution < 1.29 is 9.59 Å². The molecule has 174 valence electrons. The fraction of sp³-hybridized carbons (Fsp3) is 0.273. The lowest BCUT2D eigenvalue weighted by Crippen LogP contribution is -2.26. The van der Waals surface area contributed by atoms with E-state index in [0.29, 0.717) is 29.2 Å². The number of fused-ring (bicyclic) bond motifs is 1. The van der Waals surface area contributed by atoms with E-state index in [9.17, 15) is 9.59 Å². The largest absolute Gasteiger partial charge is 0.353 e. The van der Waals surface area contributed by atoms with Crippen LogP contribution >= 0.6 is 34.9 Å². The number of thioether (sulfide) groups is 2. The second-order valence-corrected chi connectivity index (χ2v) is 10.9. The number of benzene rings is 2. The molecule has 2 aromatic heterocycles. The quantitative estimate of drug-likeness (QED) is 0.311. The van der Waals surface area contributed by atoms with Gasteiger partial charge in [0.2, 0.25) is 17.0 Å². The van der Waals surface area contributed by atoms with Crippen LogP contribution in [0.15, 0.2) is 58.0 Å². The zero-order chi connectivity index (χ0) is 23.3. The summed E-state index contributed by atoms with van der Waals surface area (Å²) in [6.45, 7) is 0.544. The number of nitrogens with zero attached hydrogens (tertiary/aromatic N) is 5. The van der Waals surface area contributed by atoms with Crippen molar-refractivity contribution >= 4 is 62.6 Å². The second-order valence-electron chi connectivity index (χ2n) is 7.73. The number of nitrogens with one attached hydrogen (secondary N) is 2. The monoisotopic (exact) mass is 511 g/mol. The standard InChI is InChI=1S/C22H21N7O2S3/c30-19(12-32-21-26-27-28-29(21)11-14-4-2-1-3-5-14)24-16-8-9-17-18(10-16)34-22(25-17)33-13-20(31)23-15-6-7-15/h1-5,8-10,15H,6-7,11-13H2,(H,23,31)(H,24,30). The molecule has 2 heterocycles. The lowest BCUT2D eigenvalue weighted by atomic mass is 10.2. The minimum Gasteiger partial charge on any atom is -0.353 e. The van der Waals surface area contributed by atoms with Crippen molar-refractivity contribution in [2.24, 2.45) is 0 Å². The van der Waals surface area contributed by atoms with E-state index in [1.807, 2.05) is 48.5 Å². The minimum absolute atomic E-state index is 0.0482. The molecule has 0 unspecified atom stereocenters. The fourth-order valence-electron chi connectivity index (χ4n) is 3.15. The highest BCUT2D eigenvalue weighted by molar-refractivity contribution is 8.01. The predicted molar refractivity (Wildman–Crippen MR) is 134 cm³/mol. The Bertz CT molecular complexity index is 1300. The number of rotatable bonds is 10. The second kappa shape index (κ2) is 10.5. The SMILES string of the molecule is O=C(CSc1nnnn1Cc1ccccc1)Nc1ccc2nc(SCC(=O)NC3CC3)sc2c1. The van der Waals surface area contributed by atoms with Crippen molar-refractivity contribution in [3.05, 3.63) is 54.1 Å². The molecule has 2 amide bonds. The Labute approximate surface area is 208 Å². The molecule has 0 saturated heterocycles. The first-order valence-corrected chi connectivity index (χ1v) is 13.5. The molecule has 12 heteroatoms. The number of amides is 2. The number of carbonyl (C=O) groups is 2. The fourth-order valence-corrected chi connectivity index (χ4v) is 5.75. The minimum atomic E-state index is -0.144. The maximum Gasteiger partial charge on any atom is 0.234 e. The van der Waals surface area contributed by atoms with Crippen LogP contribution in [0, 0.1) is 0 Å². The van der Waals surface area contributed by atoms with Crippen LogP contribution in [0.4, 0.5) is 5.69 Å².